The van der Waals surface area contributed by atoms with Gasteiger partial charge in [-0.05, 0) is 42.0 Å². The standard InChI is InChI=1S/C20H15ClFN3OS/c21-14-3-7-16(8-4-14)24-11-25-19(26)9-17(13-1-5-15(22)6-2-13)18(10-23)20(25)27-12-24/h1-8,17H,9,11-12H2. The molecule has 2 aliphatic heterocycles. The fourth-order valence-corrected chi connectivity index (χ4v) is 4.65. The van der Waals surface area contributed by atoms with Gasteiger partial charge < -0.3 is 4.90 Å². The molecule has 2 heterocycles. The van der Waals surface area contributed by atoms with E-state index in [1.807, 2.05) is 24.3 Å². The van der Waals surface area contributed by atoms with Gasteiger partial charge in [0.05, 0.1) is 29.2 Å². The molecule has 2 aromatic carbocycles. The van der Waals surface area contributed by atoms with E-state index in [9.17, 15) is 14.4 Å². The smallest absolute Gasteiger partial charge is 0.229 e. The van der Waals surface area contributed by atoms with Gasteiger partial charge in [0.2, 0.25) is 5.91 Å². The predicted octanol–water partition coefficient (Wildman–Crippen LogP) is 4.70. The number of anilines is 1. The maximum atomic E-state index is 13.2. The van der Waals surface area contributed by atoms with Gasteiger partial charge in [-0.2, -0.15) is 5.26 Å². The Hall–Kier alpha value is -2.49. The van der Waals surface area contributed by atoms with Gasteiger partial charge in [0.25, 0.3) is 0 Å². The van der Waals surface area contributed by atoms with Crippen molar-refractivity contribution in [3.63, 3.8) is 0 Å². The fraction of sp³-hybridized carbons (Fsp3) is 0.200. The number of fused-ring (bicyclic) bond motifs is 1. The number of rotatable bonds is 2. The van der Waals surface area contributed by atoms with Crippen LogP contribution in [0.25, 0.3) is 0 Å². The number of nitrogens with zero attached hydrogens (tertiary/aromatic N) is 3. The van der Waals surface area contributed by atoms with Crippen molar-refractivity contribution in [2.24, 2.45) is 0 Å². The second-order valence-corrected chi connectivity index (χ2v) is 7.76. The van der Waals surface area contributed by atoms with Gasteiger partial charge in [-0.3, -0.25) is 9.69 Å². The molecule has 1 atom stereocenters. The Labute approximate surface area is 165 Å². The number of benzene rings is 2. The molecule has 0 radical (unpaired) electrons. The van der Waals surface area contributed by atoms with Crippen LogP contribution in [0, 0.1) is 17.1 Å². The number of halogens is 2. The molecule has 1 amide bonds. The van der Waals surface area contributed by atoms with Crippen LogP contribution in [0.4, 0.5) is 10.1 Å². The number of allylic oxidation sites excluding steroid dienone is 1. The average Bonchev–Trinajstić information content (AvgIpc) is 2.69. The number of thioether (sulfide) groups is 1. The van der Waals surface area contributed by atoms with E-state index in [1.54, 1.807) is 17.0 Å². The van der Waals surface area contributed by atoms with Crippen LogP contribution < -0.4 is 4.90 Å². The molecule has 0 bridgehead atoms. The molecule has 0 aromatic heterocycles. The first kappa shape index (κ1) is 17.9. The van der Waals surface area contributed by atoms with E-state index in [0.717, 1.165) is 11.3 Å². The number of amides is 1. The molecule has 4 rings (SSSR count). The Morgan fingerprint density at radius 2 is 1.85 bits per heavy atom. The topological polar surface area (TPSA) is 47.3 Å². The minimum atomic E-state index is -0.334. The van der Waals surface area contributed by atoms with Crippen molar-refractivity contribution in [1.29, 1.82) is 5.26 Å². The van der Waals surface area contributed by atoms with Crippen molar-refractivity contribution in [1.82, 2.24) is 4.90 Å². The van der Waals surface area contributed by atoms with Crippen molar-refractivity contribution >= 4 is 35.0 Å². The molecule has 27 heavy (non-hydrogen) atoms. The molecule has 7 heteroatoms. The first-order valence-electron chi connectivity index (χ1n) is 8.40. The molecular formula is C20H15ClFN3OS. The highest BCUT2D eigenvalue weighted by Gasteiger charge is 2.38. The molecule has 1 fully saturated rings. The van der Waals surface area contributed by atoms with E-state index in [2.05, 4.69) is 11.0 Å². The predicted molar refractivity (Wildman–Crippen MR) is 104 cm³/mol. The molecule has 4 nitrogen and oxygen atoms in total. The van der Waals surface area contributed by atoms with Gasteiger partial charge in [0.1, 0.15) is 5.82 Å². The van der Waals surface area contributed by atoms with Crippen LogP contribution in [0.5, 0.6) is 0 Å². The number of hydrogen-bond acceptors (Lipinski definition) is 4. The third-order valence-electron chi connectivity index (χ3n) is 4.76. The monoisotopic (exact) mass is 399 g/mol. The Morgan fingerprint density at radius 1 is 1.15 bits per heavy atom. The minimum absolute atomic E-state index is 0.0375. The highest BCUT2D eigenvalue weighted by Crippen LogP contribution is 2.43. The van der Waals surface area contributed by atoms with Crippen LogP contribution in [-0.4, -0.2) is 23.4 Å². The zero-order valence-electron chi connectivity index (χ0n) is 14.2. The lowest BCUT2D eigenvalue weighted by atomic mass is 9.86. The van der Waals surface area contributed by atoms with E-state index in [-0.39, 0.29) is 24.1 Å². The average molecular weight is 400 g/mol. The van der Waals surface area contributed by atoms with E-state index in [1.165, 1.54) is 23.9 Å². The number of carbonyl (C=O) groups excluding carboxylic acids is 1. The second-order valence-electron chi connectivity index (χ2n) is 6.39. The molecule has 2 aromatic rings. The van der Waals surface area contributed by atoms with E-state index >= 15 is 0 Å². The molecule has 1 unspecified atom stereocenters. The summed E-state index contributed by atoms with van der Waals surface area (Å²) >= 11 is 7.42. The van der Waals surface area contributed by atoms with Crippen LogP contribution >= 0.6 is 23.4 Å². The number of nitriles is 1. The van der Waals surface area contributed by atoms with Gasteiger partial charge in [-0.1, -0.05) is 35.5 Å². The van der Waals surface area contributed by atoms with Gasteiger partial charge in [0, 0.05) is 23.0 Å². The Balaban J connectivity index is 1.65. The Bertz CT molecular complexity index is 953. The van der Waals surface area contributed by atoms with Crippen LogP contribution in [-0.2, 0) is 4.79 Å². The molecule has 0 N–H and O–H groups in total. The fourth-order valence-electron chi connectivity index (χ4n) is 3.36. The summed E-state index contributed by atoms with van der Waals surface area (Å²) in [5, 5.41) is 11.1. The number of hydrogen-bond donors (Lipinski definition) is 0. The molecule has 0 spiro atoms. The zero-order chi connectivity index (χ0) is 19.0. The third kappa shape index (κ3) is 3.41. The van der Waals surface area contributed by atoms with Crippen molar-refractivity contribution in [2.45, 2.75) is 12.3 Å². The lowest BCUT2D eigenvalue weighted by Gasteiger charge is -2.42. The minimum Gasteiger partial charge on any atom is -0.344 e. The summed E-state index contributed by atoms with van der Waals surface area (Å²) < 4.78 is 13.2. The normalized spacial score (nSPS) is 19.7. The number of carbonyl (C=O) groups is 1. The lowest BCUT2D eigenvalue weighted by Crippen LogP contribution is -2.47. The van der Waals surface area contributed by atoms with Crippen molar-refractivity contribution < 1.29 is 9.18 Å². The largest absolute Gasteiger partial charge is 0.344 e. The maximum absolute atomic E-state index is 13.2. The van der Waals surface area contributed by atoms with Gasteiger partial charge >= 0.3 is 0 Å². The quantitative estimate of drug-likeness (QED) is 0.734. The van der Waals surface area contributed by atoms with E-state index < -0.39 is 0 Å². The summed E-state index contributed by atoms with van der Waals surface area (Å²) in [4.78, 5) is 16.6. The summed E-state index contributed by atoms with van der Waals surface area (Å²) in [6.07, 6.45) is 0.201. The highest BCUT2D eigenvalue weighted by molar-refractivity contribution is 8.03. The van der Waals surface area contributed by atoms with Crippen LogP contribution in [0.2, 0.25) is 5.02 Å². The summed E-state index contributed by atoms with van der Waals surface area (Å²) in [6, 6.07) is 15.8. The summed E-state index contributed by atoms with van der Waals surface area (Å²) in [6.45, 7) is 0.393. The van der Waals surface area contributed by atoms with Gasteiger partial charge in [-0.15, -0.1) is 0 Å². The third-order valence-corrected chi connectivity index (χ3v) is 6.16. The maximum Gasteiger partial charge on any atom is 0.229 e. The van der Waals surface area contributed by atoms with Crippen LogP contribution in [0.3, 0.4) is 0 Å². The van der Waals surface area contributed by atoms with Gasteiger partial charge in [-0.25, -0.2) is 4.39 Å². The highest BCUT2D eigenvalue weighted by atomic mass is 35.5. The molecule has 1 saturated heterocycles. The molecule has 0 saturated carbocycles. The van der Waals surface area contributed by atoms with E-state index in [0.29, 0.717) is 28.2 Å². The SMILES string of the molecule is N#CC1=C2SCN(c3ccc(Cl)cc3)CN2C(=O)CC1c1ccc(F)cc1. The van der Waals surface area contributed by atoms with Crippen molar-refractivity contribution in [3.8, 4) is 6.07 Å². The molecule has 2 aliphatic rings. The molecule has 136 valence electrons. The van der Waals surface area contributed by atoms with Crippen LogP contribution in [0.15, 0.2) is 59.1 Å². The lowest BCUT2D eigenvalue weighted by molar-refractivity contribution is -0.129. The zero-order valence-corrected chi connectivity index (χ0v) is 15.8. The molecule has 0 aliphatic carbocycles. The van der Waals surface area contributed by atoms with Crippen molar-refractivity contribution in [3.05, 3.63) is 75.5 Å². The summed E-state index contributed by atoms with van der Waals surface area (Å²) in [7, 11) is 0. The second kappa shape index (κ2) is 7.26. The van der Waals surface area contributed by atoms with Gasteiger partial charge in [0.15, 0.2) is 0 Å². The Morgan fingerprint density at radius 3 is 2.52 bits per heavy atom. The van der Waals surface area contributed by atoms with Crippen molar-refractivity contribution in [2.75, 3.05) is 17.4 Å². The summed E-state index contributed by atoms with van der Waals surface area (Å²) in [5.41, 5.74) is 2.33. The van der Waals surface area contributed by atoms with Crippen LogP contribution in [0.1, 0.15) is 17.9 Å². The summed E-state index contributed by atoms with van der Waals surface area (Å²) in [5.74, 6) is -0.0741. The first-order valence-corrected chi connectivity index (χ1v) is 9.76. The van der Waals surface area contributed by atoms with E-state index in [4.69, 9.17) is 11.6 Å². The Kier molecular flexibility index (Phi) is 4.81. The first-order chi connectivity index (χ1) is 13.1. The molecular weight excluding hydrogens is 385 g/mol.